The first-order chi connectivity index (χ1) is 9.38. The van der Waals surface area contributed by atoms with E-state index in [1.807, 2.05) is 0 Å². The molecule has 7 heteroatoms. The Morgan fingerprint density at radius 1 is 1.15 bits per heavy atom. The summed E-state index contributed by atoms with van der Waals surface area (Å²) in [7, 11) is 0. The normalized spacial score (nSPS) is 11.3. The minimum atomic E-state index is -4.57. The third-order valence-electron chi connectivity index (χ3n) is 2.41. The van der Waals surface area contributed by atoms with Gasteiger partial charge in [0.1, 0.15) is 0 Å². The second kappa shape index (κ2) is 5.54. The molecule has 3 nitrogen and oxygen atoms in total. The van der Waals surface area contributed by atoms with Gasteiger partial charge in [-0.05, 0) is 30.3 Å². The van der Waals surface area contributed by atoms with E-state index in [0.29, 0.717) is 11.0 Å². The van der Waals surface area contributed by atoms with E-state index in [1.165, 1.54) is 12.4 Å². The van der Waals surface area contributed by atoms with Crippen LogP contribution in [0.5, 0.6) is 0 Å². The van der Waals surface area contributed by atoms with Gasteiger partial charge in [-0.3, -0.25) is 4.98 Å². The summed E-state index contributed by atoms with van der Waals surface area (Å²) >= 11 is 1.07. The van der Waals surface area contributed by atoms with Crippen LogP contribution in [0, 0.1) is 0 Å². The molecule has 0 aliphatic carbocycles. The second-order valence-electron chi connectivity index (χ2n) is 3.80. The van der Waals surface area contributed by atoms with Gasteiger partial charge in [-0.1, -0.05) is 11.8 Å². The largest absolute Gasteiger partial charge is 0.478 e. The summed E-state index contributed by atoms with van der Waals surface area (Å²) in [5.74, 6) is -1.40. The minimum Gasteiger partial charge on any atom is -0.478 e. The van der Waals surface area contributed by atoms with E-state index >= 15 is 0 Å². The van der Waals surface area contributed by atoms with Gasteiger partial charge in [0.25, 0.3) is 0 Å². The second-order valence-corrected chi connectivity index (χ2v) is 4.91. The fourth-order valence-electron chi connectivity index (χ4n) is 1.50. The van der Waals surface area contributed by atoms with Gasteiger partial charge in [0, 0.05) is 22.2 Å². The van der Waals surface area contributed by atoms with Crippen molar-refractivity contribution in [3.05, 3.63) is 53.9 Å². The summed E-state index contributed by atoms with van der Waals surface area (Å²) < 4.78 is 37.7. The Hall–Kier alpha value is -2.02. The molecule has 0 unspecified atom stereocenters. The number of carbonyl (C=O) groups is 1. The van der Waals surface area contributed by atoms with Gasteiger partial charge in [-0.2, -0.15) is 13.2 Å². The number of pyridine rings is 1. The molecule has 2 rings (SSSR count). The predicted molar refractivity (Wildman–Crippen MR) is 66.8 cm³/mol. The molecule has 0 aliphatic heterocycles. The van der Waals surface area contributed by atoms with Crippen LogP contribution in [-0.2, 0) is 6.18 Å². The van der Waals surface area contributed by atoms with E-state index in [2.05, 4.69) is 4.98 Å². The minimum absolute atomic E-state index is 0.247. The van der Waals surface area contributed by atoms with Crippen LogP contribution < -0.4 is 0 Å². The van der Waals surface area contributed by atoms with E-state index in [9.17, 15) is 18.0 Å². The average Bonchev–Trinajstić information content (AvgIpc) is 2.38. The lowest BCUT2D eigenvalue weighted by molar-refractivity contribution is -0.137. The maximum atomic E-state index is 12.6. The SMILES string of the molecule is O=C(O)c1cc(C(F)(F)F)ccc1Sc1ccncc1. The smallest absolute Gasteiger partial charge is 0.416 e. The maximum Gasteiger partial charge on any atom is 0.416 e. The van der Waals surface area contributed by atoms with E-state index in [4.69, 9.17) is 5.11 Å². The Labute approximate surface area is 116 Å². The monoisotopic (exact) mass is 299 g/mol. The molecule has 1 aromatic heterocycles. The van der Waals surface area contributed by atoms with Crippen LogP contribution in [0.1, 0.15) is 15.9 Å². The van der Waals surface area contributed by atoms with Gasteiger partial charge < -0.3 is 5.11 Å². The molecule has 0 bridgehead atoms. The first-order valence-corrected chi connectivity index (χ1v) is 6.22. The Kier molecular flexibility index (Phi) is 3.99. The van der Waals surface area contributed by atoms with Crippen LogP contribution in [-0.4, -0.2) is 16.1 Å². The van der Waals surface area contributed by atoms with Crippen molar-refractivity contribution in [2.24, 2.45) is 0 Å². The van der Waals surface area contributed by atoms with Crippen molar-refractivity contribution in [2.75, 3.05) is 0 Å². The first-order valence-electron chi connectivity index (χ1n) is 5.40. The number of carboxylic acids is 1. The molecular weight excluding hydrogens is 291 g/mol. The number of rotatable bonds is 3. The first kappa shape index (κ1) is 14.4. The lowest BCUT2D eigenvalue weighted by Gasteiger charge is -2.10. The van der Waals surface area contributed by atoms with Crippen LogP contribution in [0.3, 0.4) is 0 Å². The number of hydrogen-bond acceptors (Lipinski definition) is 3. The highest BCUT2D eigenvalue weighted by Crippen LogP contribution is 2.35. The highest BCUT2D eigenvalue weighted by Gasteiger charge is 2.31. The Bertz CT molecular complexity index is 629. The van der Waals surface area contributed by atoms with E-state index in [0.717, 1.165) is 23.9 Å². The molecule has 1 aromatic carbocycles. The zero-order chi connectivity index (χ0) is 14.8. The summed E-state index contributed by atoms with van der Waals surface area (Å²) in [4.78, 5) is 15.9. The lowest BCUT2D eigenvalue weighted by atomic mass is 10.1. The molecule has 0 saturated carbocycles. The molecule has 0 saturated heterocycles. The van der Waals surface area contributed by atoms with Crippen molar-refractivity contribution >= 4 is 17.7 Å². The van der Waals surface area contributed by atoms with Gasteiger partial charge in [-0.25, -0.2) is 4.79 Å². The molecule has 0 spiro atoms. The van der Waals surface area contributed by atoms with Gasteiger partial charge in [-0.15, -0.1) is 0 Å². The highest BCUT2D eigenvalue weighted by molar-refractivity contribution is 7.99. The Morgan fingerprint density at radius 2 is 1.80 bits per heavy atom. The lowest BCUT2D eigenvalue weighted by Crippen LogP contribution is -2.08. The topological polar surface area (TPSA) is 50.2 Å². The van der Waals surface area contributed by atoms with Crippen molar-refractivity contribution in [2.45, 2.75) is 16.0 Å². The Morgan fingerprint density at radius 3 is 2.35 bits per heavy atom. The summed E-state index contributed by atoms with van der Waals surface area (Å²) in [6, 6.07) is 5.97. The average molecular weight is 299 g/mol. The van der Waals surface area contributed by atoms with Crippen molar-refractivity contribution in [3.63, 3.8) is 0 Å². The van der Waals surface area contributed by atoms with Crippen molar-refractivity contribution < 1.29 is 23.1 Å². The summed E-state index contributed by atoms with van der Waals surface area (Å²) in [5.41, 5.74) is -1.35. The van der Waals surface area contributed by atoms with Gasteiger partial charge >= 0.3 is 12.1 Å². The molecule has 104 valence electrons. The molecule has 0 amide bonds. The van der Waals surface area contributed by atoms with Crippen LogP contribution >= 0.6 is 11.8 Å². The van der Waals surface area contributed by atoms with E-state index in [1.54, 1.807) is 12.1 Å². The number of halogens is 3. The predicted octanol–water partition coefficient (Wildman–Crippen LogP) is 3.95. The van der Waals surface area contributed by atoms with Crippen LogP contribution in [0.25, 0.3) is 0 Å². The maximum absolute atomic E-state index is 12.6. The van der Waals surface area contributed by atoms with Crippen LogP contribution in [0.2, 0.25) is 0 Å². The quantitative estimate of drug-likeness (QED) is 0.932. The van der Waals surface area contributed by atoms with E-state index < -0.39 is 17.7 Å². The van der Waals surface area contributed by atoms with Crippen molar-refractivity contribution in [1.82, 2.24) is 4.98 Å². The van der Waals surface area contributed by atoms with Gasteiger partial charge in [0.2, 0.25) is 0 Å². The number of nitrogens with zero attached hydrogens (tertiary/aromatic N) is 1. The fourth-order valence-corrected chi connectivity index (χ4v) is 2.40. The number of alkyl halides is 3. The number of benzene rings is 1. The molecule has 1 heterocycles. The molecule has 20 heavy (non-hydrogen) atoms. The number of aromatic nitrogens is 1. The highest BCUT2D eigenvalue weighted by atomic mass is 32.2. The molecule has 0 fully saturated rings. The molecule has 0 aliphatic rings. The van der Waals surface area contributed by atoms with Crippen molar-refractivity contribution in [3.8, 4) is 0 Å². The molecule has 1 N–H and O–H groups in total. The fraction of sp³-hybridized carbons (Fsp3) is 0.0769. The zero-order valence-electron chi connectivity index (χ0n) is 9.89. The summed E-state index contributed by atoms with van der Waals surface area (Å²) in [6.45, 7) is 0. The number of hydrogen-bond donors (Lipinski definition) is 1. The number of carboxylic acid groups (broad SMARTS) is 1. The van der Waals surface area contributed by atoms with Crippen LogP contribution in [0.15, 0.2) is 52.5 Å². The van der Waals surface area contributed by atoms with Gasteiger partial charge in [0.05, 0.1) is 11.1 Å². The molecular formula is C13H8F3NO2S. The standard InChI is InChI=1S/C13H8F3NO2S/c14-13(15,16)8-1-2-11(10(7-8)12(18)19)20-9-3-5-17-6-4-9/h1-7H,(H,18,19). The third-order valence-corrected chi connectivity index (χ3v) is 3.50. The molecule has 0 atom stereocenters. The zero-order valence-corrected chi connectivity index (χ0v) is 10.7. The molecule has 2 aromatic rings. The van der Waals surface area contributed by atoms with Crippen LogP contribution in [0.4, 0.5) is 13.2 Å². The molecule has 0 radical (unpaired) electrons. The summed E-state index contributed by atoms with van der Waals surface area (Å²) in [6.07, 6.45) is -1.52. The van der Waals surface area contributed by atoms with Crippen molar-refractivity contribution in [1.29, 1.82) is 0 Å². The van der Waals surface area contributed by atoms with E-state index in [-0.39, 0.29) is 10.5 Å². The Balaban J connectivity index is 2.41. The third kappa shape index (κ3) is 3.30. The summed E-state index contributed by atoms with van der Waals surface area (Å²) in [5, 5.41) is 9.04. The number of aromatic carboxylic acids is 1. The van der Waals surface area contributed by atoms with Gasteiger partial charge in [0.15, 0.2) is 0 Å².